The molecule has 2 fully saturated rings. The SMILES string of the molecule is [2H]C1([2H])C2(CCCCC2)C(C)N(c2ccccc2C)C1(C)C. The molecule has 1 aromatic carbocycles. The van der Waals surface area contributed by atoms with Crippen LogP contribution in [-0.4, -0.2) is 11.6 Å². The molecule has 0 N–H and O–H groups in total. The summed E-state index contributed by atoms with van der Waals surface area (Å²) in [5, 5.41) is 0. The number of aryl methyl sites for hydroxylation is 1. The Morgan fingerprint density at radius 2 is 1.80 bits per heavy atom. The maximum absolute atomic E-state index is 9.04. The van der Waals surface area contributed by atoms with E-state index in [2.05, 4.69) is 56.9 Å². The zero-order valence-corrected chi connectivity index (χ0v) is 13.4. The predicted octanol–water partition coefficient (Wildman–Crippen LogP) is 5.32. The number of nitrogens with zero attached hydrogens (tertiary/aromatic N) is 1. The number of rotatable bonds is 1. The third kappa shape index (κ3) is 2.06. The molecule has 0 amide bonds. The van der Waals surface area contributed by atoms with Gasteiger partial charge in [0.05, 0.1) is 0 Å². The van der Waals surface area contributed by atoms with E-state index in [1.807, 2.05) is 0 Å². The Morgan fingerprint density at radius 3 is 2.45 bits per heavy atom. The summed E-state index contributed by atoms with van der Waals surface area (Å²) in [6, 6.07) is 8.67. The second-order valence-electron chi connectivity index (χ2n) is 7.23. The van der Waals surface area contributed by atoms with Crippen molar-refractivity contribution < 1.29 is 2.74 Å². The molecule has 1 heteroatoms. The topological polar surface area (TPSA) is 3.24 Å². The lowest BCUT2D eigenvalue weighted by Gasteiger charge is -2.41. The molecule has 2 aliphatic rings. The highest BCUT2D eigenvalue weighted by atomic mass is 15.3. The molecule has 1 saturated heterocycles. The van der Waals surface area contributed by atoms with Crippen molar-refractivity contribution in [1.82, 2.24) is 0 Å². The summed E-state index contributed by atoms with van der Waals surface area (Å²) >= 11 is 0. The zero-order valence-electron chi connectivity index (χ0n) is 15.4. The maximum atomic E-state index is 9.04. The molecule has 1 aliphatic heterocycles. The van der Waals surface area contributed by atoms with Crippen molar-refractivity contribution in [2.45, 2.75) is 77.8 Å². The van der Waals surface area contributed by atoms with Crippen LogP contribution in [0.3, 0.4) is 0 Å². The van der Waals surface area contributed by atoms with Gasteiger partial charge in [0.1, 0.15) is 0 Å². The van der Waals surface area contributed by atoms with E-state index in [9.17, 15) is 0 Å². The second-order valence-corrected chi connectivity index (χ2v) is 7.23. The first-order chi connectivity index (χ1) is 10.3. The van der Waals surface area contributed by atoms with Crippen molar-refractivity contribution in [1.29, 1.82) is 0 Å². The molecule has 1 spiro atoms. The van der Waals surface area contributed by atoms with Gasteiger partial charge in [-0.25, -0.2) is 0 Å². The molecule has 1 saturated carbocycles. The van der Waals surface area contributed by atoms with E-state index >= 15 is 0 Å². The summed E-state index contributed by atoms with van der Waals surface area (Å²) in [5.74, 6) is 0. The van der Waals surface area contributed by atoms with Crippen LogP contribution in [0.4, 0.5) is 5.69 Å². The van der Waals surface area contributed by atoms with Crippen LogP contribution in [0.25, 0.3) is 0 Å². The number of hydrogen-bond donors (Lipinski definition) is 0. The summed E-state index contributed by atoms with van der Waals surface area (Å²) in [4.78, 5) is 2.38. The van der Waals surface area contributed by atoms with Gasteiger partial charge in [-0.1, -0.05) is 37.5 Å². The molecule has 0 bridgehead atoms. The smallest absolute Gasteiger partial charge is 0.0402 e. The van der Waals surface area contributed by atoms with Crippen LogP contribution in [0.5, 0.6) is 0 Å². The van der Waals surface area contributed by atoms with Gasteiger partial charge < -0.3 is 4.90 Å². The Kier molecular flexibility index (Phi) is 2.79. The van der Waals surface area contributed by atoms with Crippen molar-refractivity contribution in [2.75, 3.05) is 4.90 Å². The third-order valence-corrected chi connectivity index (χ3v) is 5.46. The highest BCUT2D eigenvalue weighted by Gasteiger charge is 2.53. The third-order valence-electron chi connectivity index (χ3n) is 5.46. The van der Waals surface area contributed by atoms with Crippen molar-refractivity contribution in [3.63, 3.8) is 0 Å². The van der Waals surface area contributed by atoms with Crippen LogP contribution >= 0.6 is 0 Å². The minimum Gasteiger partial charge on any atom is -0.363 e. The lowest BCUT2D eigenvalue weighted by atomic mass is 9.68. The van der Waals surface area contributed by atoms with Gasteiger partial charge in [-0.05, 0) is 64.0 Å². The molecule has 1 unspecified atom stereocenters. The number of para-hydroxylation sites is 1. The zero-order chi connectivity index (χ0) is 16.2. The minimum absolute atomic E-state index is 0.211. The average Bonchev–Trinajstić information content (AvgIpc) is 2.58. The molecule has 3 rings (SSSR count). The standard InChI is InChI=1S/C19H29N/c1-15-10-6-7-11-17(15)20-16(2)19(14-18(20,3)4)12-8-5-9-13-19/h6-7,10-11,16H,5,8-9,12-14H2,1-4H3/i14D2. The van der Waals surface area contributed by atoms with E-state index in [4.69, 9.17) is 2.74 Å². The fraction of sp³-hybridized carbons (Fsp3) is 0.684. The molecule has 110 valence electrons. The van der Waals surface area contributed by atoms with Gasteiger partial charge in [0.2, 0.25) is 0 Å². The first kappa shape index (κ1) is 11.7. The minimum atomic E-state index is -1.18. The van der Waals surface area contributed by atoms with Gasteiger partial charge in [-0.3, -0.25) is 0 Å². The summed E-state index contributed by atoms with van der Waals surface area (Å²) < 4.78 is 18.1. The van der Waals surface area contributed by atoms with Crippen molar-refractivity contribution >= 4 is 5.69 Å². The lowest BCUT2D eigenvalue weighted by Crippen LogP contribution is -2.44. The number of benzene rings is 1. The molecule has 1 heterocycles. The van der Waals surface area contributed by atoms with Crippen LogP contribution in [0.1, 0.15) is 67.6 Å². The first-order valence-electron chi connectivity index (χ1n) is 9.11. The van der Waals surface area contributed by atoms with E-state index in [0.29, 0.717) is 0 Å². The number of hydrogen-bond acceptors (Lipinski definition) is 1. The van der Waals surface area contributed by atoms with Crippen LogP contribution in [0.15, 0.2) is 24.3 Å². The van der Waals surface area contributed by atoms with Gasteiger partial charge in [-0.15, -0.1) is 0 Å². The lowest BCUT2D eigenvalue weighted by molar-refractivity contribution is 0.170. The number of anilines is 1. The summed E-state index contributed by atoms with van der Waals surface area (Å²) in [6.45, 7) is 8.59. The molecule has 1 aliphatic carbocycles. The molecule has 1 aromatic rings. The Labute approximate surface area is 127 Å². The Balaban J connectivity index is 2.14. The Bertz CT molecular complexity index is 558. The summed E-state index contributed by atoms with van der Waals surface area (Å²) in [6.07, 6.45) is 4.46. The fourth-order valence-electron chi connectivity index (χ4n) is 4.57. The Hall–Kier alpha value is -0.980. The molecule has 1 atom stereocenters. The van der Waals surface area contributed by atoms with Crippen LogP contribution in [-0.2, 0) is 0 Å². The molecular formula is C19H29N. The highest BCUT2D eigenvalue weighted by molar-refractivity contribution is 5.57. The monoisotopic (exact) mass is 273 g/mol. The van der Waals surface area contributed by atoms with Gasteiger partial charge in [0, 0.05) is 20.0 Å². The van der Waals surface area contributed by atoms with Gasteiger partial charge >= 0.3 is 0 Å². The molecule has 0 aromatic heterocycles. The fourth-order valence-corrected chi connectivity index (χ4v) is 4.57. The van der Waals surface area contributed by atoms with Gasteiger partial charge in [0.15, 0.2) is 0 Å². The van der Waals surface area contributed by atoms with Gasteiger partial charge in [-0.2, -0.15) is 0 Å². The quantitative estimate of drug-likeness (QED) is 0.669. The van der Waals surface area contributed by atoms with E-state index < -0.39 is 11.9 Å². The van der Waals surface area contributed by atoms with Crippen LogP contribution < -0.4 is 4.90 Å². The second kappa shape index (κ2) is 4.79. The van der Waals surface area contributed by atoms with Gasteiger partial charge in [0.25, 0.3) is 0 Å². The normalized spacial score (nSPS) is 32.0. The highest BCUT2D eigenvalue weighted by Crippen LogP contribution is 2.55. The van der Waals surface area contributed by atoms with Crippen molar-refractivity contribution in [2.24, 2.45) is 5.41 Å². The van der Waals surface area contributed by atoms with Crippen molar-refractivity contribution in [3.05, 3.63) is 29.8 Å². The maximum Gasteiger partial charge on any atom is 0.0402 e. The summed E-state index contributed by atoms with van der Waals surface area (Å²) in [5.41, 5.74) is 1.74. The van der Waals surface area contributed by atoms with E-state index in [1.165, 1.54) is 30.5 Å². The Morgan fingerprint density at radius 1 is 1.15 bits per heavy atom. The van der Waals surface area contributed by atoms with Crippen molar-refractivity contribution in [3.8, 4) is 0 Å². The van der Waals surface area contributed by atoms with E-state index in [1.54, 1.807) is 0 Å². The predicted molar refractivity (Wildman–Crippen MR) is 87.3 cm³/mol. The average molecular weight is 273 g/mol. The largest absolute Gasteiger partial charge is 0.363 e. The molecule has 20 heavy (non-hydrogen) atoms. The van der Waals surface area contributed by atoms with E-state index in [0.717, 1.165) is 12.8 Å². The van der Waals surface area contributed by atoms with Crippen LogP contribution in [0, 0.1) is 12.3 Å². The first-order valence-corrected chi connectivity index (χ1v) is 8.11. The molecule has 0 radical (unpaired) electrons. The van der Waals surface area contributed by atoms with Crippen LogP contribution in [0.2, 0.25) is 0 Å². The molecule has 1 nitrogen and oxygen atoms in total. The summed E-state index contributed by atoms with van der Waals surface area (Å²) in [7, 11) is 0. The molecular weight excluding hydrogens is 242 g/mol. The van der Waals surface area contributed by atoms with E-state index in [-0.39, 0.29) is 11.5 Å².